The van der Waals surface area contributed by atoms with E-state index in [1.54, 1.807) is 0 Å². The van der Waals surface area contributed by atoms with Gasteiger partial charge in [0.1, 0.15) is 11.2 Å². The molecule has 0 aliphatic carbocycles. The fourth-order valence-corrected chi connectivity index (χ4v) is 4.63. The Balaban J connectivity index is 1.48. The number of piperidine rings is 1. The SMILES string of the molecule is CC(C)(C)OC(=O)CCC(C#N)c1ccc(N2CC3(CCN(C(=O)OC(C)(C)C)CC3)C2)cc1. The van der Waals surface area contributed by atoms with Gasteiger partial charge >= 0.3 is 12.1 Å². The highest BCUT2D eigenvalue weighted by atomic mass is 16.6. The van der Waals surface area contributed by atoms with Crippen LogP contribution in [0.25, 0.3) is 0 Å². The Morgan fingerprint density at radius 3 is 2.06 bits per heavy atom. The number of benzene rings is 1. The number of nitriles is 1. The van der Waals surface area contributed by atoms with Crippen LogP contribution in [0, 0.1) is 16.7 Å². The van der Waals surface area contributed by atoms with E-state index in [9.17, 15) is 14.9 Å². The molecule has 0 saturated carbocycles. The van der Waals surface area contributed by atoms with Crippen LogP contribution >= 0.6 is 0 Å². The quantitative estimate of drug-likeness (QED) is 0.548. The molecule has 2 aliphatic heterocycles. The summed E-state index contributed by atoms with van der Waals surface area (Å²) in [7, 11) is 0. The number of carbonyl (C=O) groups excluding carboxylic acids is 2. The molecule has 0 radical (unpaired) electrons. The van der Waals surface area contributed by atoms with Crippen molar-refractivity contribution in [3.05, 3.63) is 29.8 Å². The van der Waals surface area contributed by atoms with Crippen LogP contribution in [0.3, 0.4) is 0 Å². The Hall–Kier alpha value is -2.75. The van der Waals surface area contributed by atoms with Gasteiger partial charge in [-0.2, -0.15) is 5.26 Å². The smallest absolute Gasteiger partial charge is 0.410 e. The Bertz CT molecular complexity index is 905. The van der Waals surface area contributed by atoms with Crippen molar-refractivity contribution in [1.82, 2.24) is 4.90 Å². The zero-order chi connectivity index (χ0) is 25.1. The van der Waals surface area contributed by atoms with Gasteiger partial charge in [-0.05, 0) is 78.5 Å². The number of hydrogen-bond acceptors (Lipinski definition) is 6. The first-order valence-corrected chi connectivity index (χ1v) is 12.2. The molecule has 2 aliphatic rings. The van der Waals surface area contributed by atoms with Gasteiger partial charge in [-0.25, -0.2) is 4.79 Å². The normalized spacial score (nSPS) is 18.6. The Labute approximate surface area is 204 Å². The summed E-state index contributed by atoms with van der Waals surface area (Å²) in [6, 6.07) is 10.4. The van der Waals surface area contributed by atoms with Gasteiger partial charge in [0.05, 0.1) is 12.0 Å². The number of likely N-dealkylation sites (tertiary alicyclic amines) is 1. The zero-order valence-electron chi connectivity index (χ0n) is 21.5. The van der Waals surface area contributed by atoms with E-state index in [1.807, 2.05) is 58.6 Å². The average Bonchev–Trinajstić information content (AvgIpc) is 2.70. The first-order valence-electron chi connectivity index (χ1n) is 12.2. The molecule has 1 aromatic carbocycles. The van der Waals surface area contributed by atoms with Crippen LogP contribution < -0.4 is 4.90 Å². The van der Waals surface area contributed by atoms with Crippen LogP contribution in [-0.4, -0.2) is 54.3 Å². The Kier molecular flexibility index (Phi) is 7.50. The van der Waals surface area contributed by atoms with Crippen molar-refractivity contribution in [2.45, 2.75) is 84.3 Å². The maximum Gasteiger partial charge on any atom is 0.410 e. The predicted molar refractivity (Wildman–Crippen MR) is 132 cm³/mol. The van der Waals surface area contributed by atoms with Crippen molar-refractivity contribution in [3.8, 4) is 6.07 Å². The molecule has 0 bridgehead atoms. The van der Waals surface area contributed by atoms with Crippen LogP contribution in [0.15, 0.2) is 24.3 Å². The van der Waals surface area contributed by atoms with Gasteiger partial charge < -0.3 is 19.3 Å². The highest BCUT2D eigenvalue weighted by Crippen LogP contribution is 2.43. The highest BCUT2D eigenvalue weighted by Gasteiger charge is 2.46. The van der Waals surface area contributed by atoms with E-state index < -0.39 is 11.2 Å². The molecule has 3 rings (SSSR count). The van der Waals surface area contributed by atoms with E-state index >= 15 is 0 Å². The van der Waals surface area contributed by atoms with Gasteiger partial charge in [-0.3, -0.25) is 4.79 Å². The summed E-state index contributed by atoms with van der Waals surface area (Å²) >= 11 is 0. The predicted octanol–water partition coefficient (Wildman–Crippen LogP) is 5.25. The van der Waals surface area contributed by atoms with Crippen molar-refractivity contribution >= 4 is 17.7 Å². The molecule has 1 atom stereocenters. The molecular formula is C27H39N3O4. The van der Waals surface area contributed by atoms with Gasteiger partial charge in [0.15, 0.2) is 0 Å². The van der Waals surface area contributed by atoms with Crippen LogP contribution in [0.4, 0.5) is 10.5 Å². The van der Waals surface area contributed by atoms with E-state index in [0.29, 0.717) is 6.42 Å². The van der Waals surface area contributed by atoms with Crippen LogP contribution in [-0.2, 0) is 14.3 Å². The van der Waals surface area contributed by atoms with Crippen molar-refractivity contribution in [2.75, 3.05) is 31.1 Å². The lowest BCUT2D eigenvalue weighted by Crippen LogP contribution is -2.61. The largest absolute Gasteiger partial charge is 0.460 e. The van der Waals surface area contributed by atoms with Gasteiger partial charge in [-0.1, -0.05) is 12.1 Å². The van der Waals surface area contributed by atoms with Gasteiger partial charge in [0.2, 0.25) is 0 Å². The topological polar surface area (TPSA) is 82.9 Å². The van der Waals surface area contributed by atoms with Crippen molar-refractivity contribution in [2.24, 2.45) is 5.41 Å². The lowest BCUT2D eigenvalue weighted by atomic mass is 9.72. The molecule has 2 fully saturated rings. The maximum absolute atomic E-state index is 12.3. The number of carbonyl (C=O) groups is 2. The van der Waals surface area contributed by atoms with Crippen molar-refractivity contribution in [3.63, 3.8) is 0 Å². The van der Waals surface area contributed by atoms with Gasteiger partial charge in [-0.15, -0.1) is 0 Å². The Morgan fingerprint density at radius 1 is 1.00 bits per heavy atom. The van der Waals surface area contributed by atoms with Crippen LogP contribution in [0.5, 0.6) is 0 Å². The van der Waals surface area contributed by atoms with E-state index in [0.717, 1.165) is 50.3 Å². The molecule has 1 spiro atoms. The molecular weight excluding hydrogens is 430 g/mol. The lowest BCUT2D eigenvalue weighted by molar-refractivity contribution is -0.154. The number of amides is 1. The second-order valence-corrected chi connectivity index (χ2v) is 11.7. The standard InChI is InChI=1S/C27H39N3O4/c1-25(2,3)33-23(31)12-9-21(17-28)20-7-10-22(11-8-20)30-18-27(19-30)13-15-29(16-14-27)24(32)34-26(4,5)6/h7-8,10-11,21H,9,12-16,18-19H2,1-6H3. The second-order valence-electron chi connectivity index (χ2n) is 11.7. The molecule has 2 saturated heterocycles. The summed E-state index contributed by atoms with van der Waals surface area (Å²) in [6.07, 6.45) is 2.44. The Morgan fingerprint density at radius 2 is 1.56 bits per heavy atom. The highest BCUT2D eigenvalue weighted by molar-refractivity contribution is 5.70. The van der Waals surface area contributed by atoms with Crippen molar-refractivity contribution < 1.29 is 19.1 Å². The minimum absolute atomic E-state index is 0.215. The third kappa shape index (κ3) is 6.88. The van der Waals surface area contributed by atoms with Crippen LogP contribution in [0.2, 0.25) is 0 Å². The van der Waals surface area contributed by atoms with E-state index in [-0.39, 0.29) is 29.8 Å². The summed E-state index contributed by atoms with van der Waals surface area (Å²) < 4.78 is 10.9. The monoisotopic (exact) mass is 469 g/mol. The van der Waals surface area contributed by atoms with Gasteiger partial charge in [0, 0.05) is 43.7 Å². The third-order valence-electron chi connectivity index (χ3n) is 6.40. The van der Waals surface area contributed by atoms with E-state index in [1.165, 1.54) is 0 Å². The molecule has 2 heterocycles. The van der Waals surface area contributed by atoms with Crippen LogP contribution in [0.1, 0.15) is 78.7 Å². The van der Waals surface area contributed by atoms with Crippen molar-refractivity contribution in [1.29, 1.82) is 5.26 Å². The second kappa shape index (κ2) is 9.85. The number of ether oxygens (including phenoxy) is 2. The fraction of sp³-hybridized carbons (Fsp3) is 0.667. The molecule has 1 unspecified atom stereocenters. The molecule has 7 nitrogen and oxygen atoms in total. The lowest BCUT2D eigenvalue weighted by Gasteiger charge is -2.55. The zero-order valence-corrected chi connectivity index (χ0v) is 21.5. The minimum Gasteiger partial charge on any atom is -0.460 e. The summed E-state index contributed by atoms with van der Waals surface area (Å²) in [6.45, 7) is 14.7. The van der Waals surface area contributed by atoms with Gasteiger partial charge in [0.25, 0.3) is 0 Å². The number of rotatable bonds is 5. The molecule has 1 amide bonds. The molecule has 0 aromatic heterocycles. The third-order valence-corrected chi connectivity index (χ3v) is 6.40. The van der Waals surface area contributed by atoms with E-state index in [2.05, 4.69) is 23.1 Å². The number of hydrogen-bond donors (Lipinski definition) is 0. The maximum atomic E-state index is 12.3. The molecule has 1 aromatic rings. The molecule has 34 heavy (non-hydrogen) atoms. The molecule has 0 N–H and O–H groups in total. The summed E-state index contributed by atoms with van der Waals surface area (Å²) in [5.41, 5.74) is 1.36. The number of anilines is 1. The first kappa shape index (κ1) is 25.9. The molecule has 186 valence electrons. The number of esters is 1. The fourth-order valence-electron chi connectivity index (χ4n) is 4.63. The average molecular weight is 470 g/mol. The summed E-state index contributed by atoms with van der Waals surface area (Å²) in [5, 5.41) is 9.60. The van der Waals surface area contributed by atoms with E-state index in [4.69, 9.17) is 9.47 Å². The first-order chi connectivity index (χ1) is 15.8. The summed E-state index contributed by atoms with van der Waals surface area (Å²) in [5.74, 6) is -0.602. The molecule has 7 heteroatoms. The number of nitrogens with zero attached hydrogens (tertiary/aromatic N) is 3. The summed E-state index contributed by atoms with van der Waals surface area (Å²) in [4.78, 5) is 28.5. The minimum atomic E-state index is -0.512.